The number of carbonyl (C=O) groups excluding carboxylic acids is 1. The first-order valence-corrected chi connectivity index (χ1v) is 5.94. The van der Waals surface area contributed by atoms with Gasteiger partial charge in [0, 0.05) is 0 Å². The maximum atomic E-state index is 11.2. The minimum absolute atomic E-state index is 0.0791. The lowest BCUT2D eigenvalue weighted by Gasteiger charge is -2.06. The van der Waals surface area contributed by atoms with Crippen molar-refractivity contribution in [2.24, 2.45) is 5.92 Å². The molecule has 2 nitrogen and oxygen atoms in total. The Hall–Kier alpha value is -1.02. The SMILES string of the molecule is CC(C)Cc1ccc(CC(=O)OCCl)cc1. The van der Waals surface area contributed by atoms with Gasteiger partial charge in [-0.05, 0) is 23.5 Å². The van der Waals surface area contributed by atoms with E-state index in [2.05, 4.69) is 30.7 Å². The molecule has 1 aromatic rings. The van der Waals surface area contributed by atoms with Crippen molar-refractivity contribution in [1.82, 2.24) is 0 Å². The summed E-state index contributed by atoms with van der Waals surface area (Å²) < 4.78 is 4.67. The molecule has 0 aromatic heterocycles. The Balaban J connectivity index is 2.54. The molecule has 0 amide bonds. The maximum Gasteiger partial charge on any atom is 0.311 e. The van der Waals surface area contributed by atoms with E-state index >= 15 is 0 Å². The van der Waals surface area contributed by atoms with Gasteiger partial charge in [-0.2, -0.15) is 0 Å². The molecule has 0 unspecified atom stereocenters. The van der Waals surface area contributed by atoms with Crippen LogP contribution >= 0.6 is 11.6 Å². The van der Waals surface area contributed by atoms with Crippen LogP contribution in [0.5, 0.6) is 0 Å². The summed E-state index contributed by atoms with van der Waals surface area (Å²) in [4.78, 5) is 11.2. The number of ether oxygens (including phenoxy) is 1. The molecule has 1 rings (SSSR count). The number of hydrogen-bond donors (Lipinski definition) is 0. The van der Waals surface area contributed by atoms with E-state index in [-0.39, 0.29) is 18.5 Å². The summed E-state index contributed by atoms with van der Waals surface area (Å²) in [5.41, 5.74) is 2.26. The normalized spacial score (nSPS) is 10.5. The number of halogens is 1. The first-order chi connectivity index (χ1) is 7.61. The minimum Gasteiger partial charge on any atom is -0.449 e. The summed E-state index contributed by atoms with van der Waals surface area (Å²) in [7, 11) is 0. The predicted octanol–water partition coefficient (Wildman–Crippen LogP) is 3.17. The zero-order valence-electron chi connectivity index (χ0n) is 9.70. The van der Waals surface area contributed by atoms with E-state index in [9.17, 15) is 4.79 Å². The second kappa shape index (κ2) is 6.54. The summed E-state index contributed by atoms with van der Waals surface area (Å²) in [6, 6.07) is 7.97. The molecule has 16 heavy (non-hydrogen) atoms. The van der Waals surface area contributed by atoms with Gasteiger partial charge in [0.2, 0.25) is 0 Å². The van der Waals surface area contributed by atoms with E-state index in [0.29, 0.717) is 5.92 Å². The van der Waals surface area contributed by atoms with Gasteiger partial charge in [0.1, 0.15) is 0 Å². The zero-order valence-corrected chi connectivity index (χ0v) is 10.5. The highest BCUT2D eigenvalue weighted by Crippen LogP contribution is 2.10. The zero-order chi connectivity index (χ0) is 12.0. The van der Waals surface area contributed by atoms with Crippen molar-refractivity contribution in [3.8, 4) is 0 Å². The third-order valence-electron chi connectivity index (χ3n) is 2.23. The summed E-state index contributed by atoms with van der Waals surface area (Å²) in [5, 5.41) is 0. The standard InChI is InChI=1S/C13H17ClO2/c1-10(2)7-11-3-5-12(6-4-11)8-13(15)16-9-14/h3-6,10H,7-9H2,1-2H3. The molecule has 88 valence electrons. The Kier molecular flexibility index (Phi) is 5.33. The first kappa shape index (κ1) is 13.0. The van der Waals surface area contributed by atoms with Gasteiger partial charge in [-0.3, -0.25) is 4.79 Å². The number of hydrogen-bond acceptors (Lipinski definition) is 2. The molecule has 1 aromatic carbocycles. The fourth-order valence-electron chi connectivity index (χ4n) is 1.54. The molecule has 0 saturated heterocycles. The summed E-state index contributed by atoms with van der Waals surface area (Å²) in [5.74, 6) is 0.360. The Labute approximate surface area is 102 Å². The van der Waals surface area contributed by atoms with Crippen LogP contribution in [0, 0.1) is 5.92 Å². The smallest absolute Gasteiger partial charge is 0.311 e. The van der Waals surface area contributed by atoms with E-state index < -0.39 is 0 Å². The van der Waals surface area contributed by atoms with Crippen LogP contribution in [0.15, 0.2) is 24.3 Å². The van der Waals surface area contributed by atoms with Crippen molar-refractivity contribution in [2.45, 2.75) is 26.7 Å². The van der Waals surface area contributed by atoms with Crippen LogP contribution in [0.4, 0.5) is 0 Å². The number of carbonyl (C=O) groups is 1. The molecular weight excluding hydrogens is 224 g/mol. The fourth-order valence-corrected chi connectivity index (χ4v) is 1.66. The van der Waals surface area contributed by atoms with Crippen LogP contribution in [-0.4, -0.2) is 12.0 Å². The van der Waals surface area contributed by atoms with Gasteiger partial charge in [0.25, 0.3) is 0 Å². The van der Waals surface area contributed by atoms with Gasteiger partial charge < -0.3 is 4.74 Å². The highest BCUT2D eigenvalue weighted by atomic mass is 35.5. The number of rotatable bonds is 5. The predicted molar refractivity (Wildman–Crippen MR) is 65.5 cm³/mol. The van der Waals surface area contributed by atoms with Crippen LogP contribution in [0.2, 0.25) is 0 Å². The molecule has 0 aliphatic rings. The molecule has 0 aliphatic carbocycles. The van der Waals surface area contributed by atoms with Crippen molar-refractivity contribution in [3.05, 3.63) is 35.4 Å². The van der Waals surface area contributed by atoms with Crippen molar-refractivity contribution in [2.75, 3.05) is 6.07 Å². The largest absolute Gasteiger partial charge is 0.449 e. The molecule has 0 fully saturated rings. The second-order valence-corrected chi connectivity index (χ2v) is 4.43. The number of esters is 1. The molecule has 0 N–H and O–H groups in total. The lowest BCUT2D eigenvalue weighted by Crippen LogP contribution is -2.06. The molecule has 0 spiro atoms. The van der Waals surface area contributed by atoms with Crippen LogP contribution in [0.1, 0.15) is 25.0 Å². The minimum atomic E-state index is -0.286. The van der Waals surface area contributed by atoms with Crippen LogP contribution < -0.4 is 0 Å². The third kappa shape index (κ3) is 4.67. The van der Waals surface area contributed by atoms with Gasteiger partial charge in [0.15, 0.2) is 6.07 Å². The lowest BCUT2D eigenvalue weighted by atomic mass is 10.0. The molecule has 0 radical (unpaired) electrons. The average molecular weight is 241 g/mol. The van der Waals surface area contributed by atoms with E-state index in [4.69, 9.17) is 11.6 Å². The number of benzene rings is 1. The molecule has 0 aliphatic heterocycles. The van der Waals surface area contributed by atoms with E-state index in [1.807, 2.05) is 12.1 Å². The van der Waals surface area contributed by atoms with E-state index in [0.717, 1.165) is 12.0 Å². The Morgan fingerprint density at radius 3 is 2.31 bits per heavy atom. The fraction of sp³-hybridized carbons (Fsp3) is 0.462. The third-order valence-corrected chi connectivity index (χ3v) is 2.34. The number of alkyl halides is 1. The highest BCUT2D eigenvalue weighted by molar-refractivity contribution is 6.17. The van der Waals surface area contributed by atoms with E-state index in [1.54, 1.807) is 0 Å². The van der Waals surface area contributed by atoms with Gasteiger partial charge >= 0.3 is 5.97 Å². The van der Waals surface area contributed by atoms with Gasteiger partial charge in [0.05, 0.1) is 6.42 Å². The lowest BCUT2D eigenvalue weighted by molar-refractivity contribution is -0.140. The Morgan fingerprint density at radius 1 is 1.25 bits per heavy atom. The average Bonchev–Trinajstić information content (AvgIpc) is 2.20. The highest BCUT2D eigenvalue weighted by Gasteiger charge is 2.04. The summed E-state index contributed by atoms with van der Waals surface area (Å²) in [6.07, 6.45) is 1.35. The first-order valence-electron chi connectivity index (χ1n) is 5.41. The Bertz CT molecular complexity index is 330. The molecule has 0 atom stereocenters. The van der Waals surface area contributed by atoms with Crippen LogP contribution in [0.25, 0.3) is 0 Å². The second-order valence-electron chi connectivity index (χ2n) is 4.22. The van der Waals surface area contributed by atoms with Crippen molar-refractivity contribution in [3.63, 3.8) is 0 Å². The summed E-state index contributed by atoms with van der Waals surface area (Å²) in [6.45, 7) is 4.37. The van der Waals surface area contributed by atoms with Gasteiger partial charge in [-0.1, -0.05) is 49.7 Å². The van der Waals surface area contributed by atoms with Crippen molar-refractivity contribution < 1.29 is 9.53 Å². The molecule has 3 heteroatoms. The van der Waals surface area contributed by atoms with Crippen LogP contribution in [0.3, 0.4) is 0 Å². The summed E-state index contributed by atoms with van der Waals surface area (Å²) >= 11 is 5.30. The van der Waals surface area contributed by atoms with Crippen LogP contribution in [-0.2, 0) is 22.4 Å². The monoisotopic (exact) mass is 240 g/mol. The topological polar surface area (TPSA) is 26.3 Å². The Morgan fingerprint density at radius 2 is 1.81 bits per heavy atom. The van der Waals surface area contributed by atoms with Gasteiger partial charge in [-0.25, -0.2) is 0 Å². The molecular formula is C13H17ClO2. The van der Waals surface area contributed by atoms with Crippen molar-refractivity contribution >= 4 is 17.6 Å². The van der Waals surface area contributed by atoms with Crippen molar-refractivity contribution in [1.29, 1.82) is 0 Å². The van der Waals surface area contributed by atoms with Gasteiger partial charge in [-0.15, -0.1) is 0 Å². The quantitative estimate of drug-likeness (QED) is 0.584. The van der Waals surface area contributed by atoms with E-state index in [1.165, 1.54) is 5.56 Å². The molecule has 0 heterocycles. The molecule has 0 bridgehead atoms. The maximum absolute atomic E-state index is 11.2. The molecule has 0 saturated carbocycles.